The molecule has 1 atom stereocenters. The van der Waals surface area contributed by atoms with E-state index in [0.29, 0.717) is 5.82 Å². The van der Waals surface area contributed by atoms with Crippen molar-refractivity contribution in [3.63, 3.8) is 0 Å². The fraction of sp³-hybridized carbons (Fsp3) is 0.240. The van der Waals surface area contributed by atoms with E-state index in [9.17, 15) is 4.79 Å². The lowest BCUT2D eigenvalue weighted by Crippen LogP contribution is -2.44. The van der Waals surface area contributed by atoms with Crippen molar-refractivity contribution < 1.29 is 4.79 Å². The molecule has 162 valence electrons. The van der Waals surface area contributed by atoms with Gasteiger partial charge in [0.15, 0.2) is 0 Å². The number of fused-ring (bicyclic) bond motifs is 1. The van der Waals surface area contributed by atoms with Gasteiger partial charge in [0.2, 0.25) is 0 Å². The van der Waals surface area contributed by atoms with Crippen molar-refractivity contribution in [3.05, 3.63) is 72.2 Å². The highest BCUT2D eigenvalue weighted by Gasteiger charge is 2.23. The monoisotopic (exact) mass is 426 g/mol. The molecule has 2 N–H and O–H groups in total. The molecule has 0 spiro atoms. The lowest BCUT2D eigenvalue weighted by Gasteiger charge is -2.34. The van der Waals surface area contributed by atoms with Crippen LogP contribution in [0.25, 0.3) is 17.3 Å². The van der Waals surface area contributed by atoms with Crippen LogP contribution in [0.5, 0.6) is 0 Å². The van der Waals surface area contributed by atoms with Gasteiger partial charge in [-0.1, -0.05) is 0 Å². The largest absolute Gasteiger partial charge is 0.378 e. The second-order valence-corrected chi connectivity index (χ2v) is 8.18. The molecule has 32 heavy (non-hydrogen) atoms. The Labute approximate surface area is 187 Å². The Morgan fingerprint density at radius 1 is 1.12 bits per heavy atom. The van der Waals surface area contributed by atoms with Crippen molar-refractivity contribution in [3.8, 4) is 11.3 Å². The van der Waals surface area contributed by atoms with Crippen LogP contribution in [0.1, 0.15) is 17.2 Å². The molecular weight excluding hydrogens is 400 g/mol. The fourth-order valence-corrected chi connectivity index (χ4v) is 4.19. The van der Waals surface area contributed by atoms with Gasteiger partial charge in [-0.15, -0.1) is 0 Å². The summed E-state index contributed by atoms with van der Waals surface area (Å²) in [6.45, 7) is 4.21. The van der Waals surface area contributed by atoms with Gasteiger partial charge in [-0.2, -0.15) is 0 Å². The summed E-state index contributed by atoms with van der Waals surface area (Å²) in [4.78, 5) is 25.6. The highest BCUT2D eigenvalue weighted by atomic mass is 16.1. The number of carbonyl (C=O) groups is 1. The zero-order valence-corrected chi connectivity index (χ0v) is 18.0. The molecule has 0 radical (unpaired) electrons. The van der Waals surface area contributed by atoms with Gasteiger partial charge in [0.1, 0.15) is 18.1 Å². The quantitative estimate of drug-likeness (QED) is 0.606. The van der Waals surface area contributed by atoms with Crippen LogP contribution in [-0.4, -0.2) is 54.4 Å². The summed E-state index contributed by atoms with van der Waals surface area (Å²) in [5.74, 6) is 0.669. The van der Waals surface area contributed by atoms with E-state index < -0.39 is 6.04 Å². The Hall–Kier alpha value is -3.71. The maximum atomic E-state index is 11.8. The molecule has 1 saturated heterocycles. The molecular formula is C25H26N6O. The molecule has 7 nitrogen and oxygen atoms in total. The van der Waals surface area contributed by atoms with Crippen LogP contribution in [0, 0.1) is 0 Å². The van der Waals surface area contributed by atoms with Gasteiger partial charge in [0.05, 0.1) is 5.69 Å². The molecule has 3 aromatic rings. The molecule has 1 unspecified atom stereocenters. The Balaban J connectivity index is 1.47. The van der Waals surface area contributed by atoms with Gasteiger partial charge in [-0.05, 0) is 67.4 Å². The number of pyridine rings is 2. The highest BCUT2D eigenvalue weighted by Crippen LogP contribution is 2.34. The number of aldehydes is 1. The lowest BCUT2D eigenvalue weighted by molar-refractivity contribution is -0.109. The summed E-state index contributed by atoms with van der Waals surface area (Å²) >= 11 is 0. The number of hydrogen-bond donors (Lipinski definition) is 2. The number of nitrogens with one attached hydrogen (secondary N) is 2. The van der Waals surface area contributed by atoms with Crippen LogP contribution in [0.15, 0.2) is 61.1 Å². The van der Waals surface area contributed by atoms with E-state index in [4.69, 9.17) is 4.98 Å². The van der Waals surface area contributed by atoms with Gasteiger partial charge in [0, 0.05) is 61.1 Å². The Kier molecular flexibility index (Phi) is 5.56. The van der Waals surface area contributed by atoms with Crippen LogP contribution >= 0.6 is 0 Å². The predicted molar refractivity (Wildman–Crippen MR) is 128 cm³/mol. The first kappa shape index (κ1) is 20.2. The molecule has 2 aliphatic rings. The molecule has 2 aromatic heterocycles. The van der Waals surface area contributed by atoms with Crippen molar-refractivity contribution >= 4 is 29.6 Å². The second-order valence-electron chi connectivity index (χ2n) is 8.18. The molecule has 0 bridgehead atoms. The first-order valence-corrected chi connectivity index (χ1v) is 10.8. The van der Waals surface area contributed by atoms with Crippen LogP contribution in [0.4, 0.5) is 17.2 Å². The Morgan fingerprint density at radius 2 is 1.94 bits per heavy atom. The molecule has 5 rings (SSSR count). The number of piperazine rings is 1. The SMILES string of the molecule is CN1CCN(c2ccc(Nc3nc(-c4cccnc4)cc4c3C(C=O)NC=C4)cc2)CC1. The third kappa shape index (κ3) is 4.07. The smallest absolute Gasteiger partial charge is 0.146 e. The zero-order valence-electron chi connectivity index (χ0n) is 18.0. The van der Waals surface area contributed by atoms with Crippen molar-refractivity contribution in [1.29, 1.82) is 0 Å². The summed E-state index contributed by atoms with van der Waals surface area (Å²) < 4.78 is 0. The third-order valence-corrected chi connectivity index (χ3v) is 6.03. The summed E-state index contributed by atoms with van der Waals surface area (Å²) in [5.41, 5.74) is 5.70. The number of rotatable bonds is 5. The van der Waals surface area contributed by atoms with Crippen molar-refractivity contribution in [2.75, 3.05) is 43.4 Å². The normalized spacial score (nSPS) is 18.0. The molecule has 2 aliphatic heterocycles. The average Bonchev–Trinajstić information content (AvgIpc) is 2.85. The molecule has 0 saturated carbocycles. The highest BCUT2D eigenvalue weighted by molar-refractivity contribution is 5.80. The van der Waals surface area contributed by atoms with E-state index in [-0.39, 0.29) is 0 Å². The standard InChI is InChI=1S/C25H26N6O/c1-30-11-13-31(14-12-30)21-6-4-20(5-7-21)28-25-24-18(8-10-27-23(24)17-32)15-22(29-25)19-3-2-9-26-16-19/h2-10,15-17,23,27H,11-14H2,1H3,(H,28,29). The van der Waals surface area contributed by atoms with Crippen LogP contribution in [0.2, 0.25) is 0 Å². The number of likely N-dealkylation sites (N-methyl/N-ethyl adjacent to an activating group) is 1. The van der Waals surface area contributed by atoms with Gasteiger partial charge in [-0.25, -0.2) is 4.98 Å². The molecule has 1 fully saturated rings. The number of aromatic nitrogens is 2. The van der Waals surface area contributed by atoms with Crippen molar-refractivity contribution in [1.82, 2.24) is 20.2 Å². The number of carbonyl (C=O) groups excluding carboxylic acids is 1. The summed E-state index contributed by atoms with van der Waals surface area (Å²) in [6, 6.07) is 13.9. The molecule has 0 aliphatic carbocycles. The molecule has 4 heterocycles. The van der Waals surface area contributed by atoms with E-state index in [1.807, 2.05) is 30.5 Å². The van der Waals surface area contributed by atoms with E-state index in [1.165, 1.54) is 5.69 Å². The zero-order chi connectivity index (χ0) is 21.9. The van der Waals surface area contributed by atoms with Gasteiger partial charge < -0.3 is 25.2 Å². The first-order valence-electron chi connectivity index (χ1n) is 10.8. The summed E-state index contributed by atoms with van der Waals surface area (Å²) in [7, 11) is 2.16. The number of nitrogens with zero attached hydrogens (tertiary/aromatic N) is 4. The van der Waals surface area contributed by atoms with Gasteiger partial charge in [-0.3, -0.25) is 4.98 Å². The topological polar surface area (TPSA) is 73.4 Å². The average molecular weight is 427 g/mol. The lowest BCUT2D eigenvalue weighted by atomic mass is 9.97. The van der Waals surface area contributed by atoms with Crippen LogP contribution in [-0.2, 0) is 4.79 Å². The molecule has 0 amide bonds. The minimum Gasteiger partial charge on any atom is -0.378 e. The number of hydrogen-bond acceptors (Lipinski definition) is 7. The van der Waals surface area contributed by atoms with Crippen molar-refractivity contribution in [2.24, 2.45) is 0 Å². The first-order chi connectivity index (χ1) is 15.7. The minimum absolute atomic E-state index is 0.447. The van der Waals surface area contributed by atoms with E-state index in [1.54, 1.807) is 12.4 Å². The minimum atomic E-state index is -0.447. The van der Waals surface area contributed by atoms with Crippen LogP contribution < -0.4 is 15.5 Å². The fourth-order valence-electron chi connectivity index (χ4n) is 4.19. The Morgan fingerprint density at radius 3 is 2.66 bits per heavy atom. The second kappa shape index (κ2) is 8.80. The molecule has 1 aromatic carbocycles. The number of anilines is 3. The van der Waals surface area contributed by atoms with Crippen LogP contribution in [0.3, 0.4) is 0 Å². The third-order valence-electron chi connectivity index (χ3n) is 6.03. The van der Waals surface area contributed by atoms with E-state index >= 15 is 0 Å². The maximum absolute atomic E-state index is 11.8. The Bertz CT molecular complexity index is 1120. The number of benzene rings is 1. The summed E-state index contributed by atoms with van der Waals surface area (Å²) in [6.07, 6.45) is 8.23. The van der Waals surface area contributed by atoms with Gasteiger partial charge in [0.25, 0.3) is 0 Å². The maximum Gasteiger partial charge on any atom is 0.146 e. The van der Waals surface area contributed by atoms with Crippen molar-refractivity contribution in [2.45, 2.75) is 6.04 Å². The predicted octanol–water partition coefficient (Wildman–Crippen LogP) is 3.45. The summed E-state index contributed by atoms with van der Waals surface area (Å²) in [5, 5.41) is 6.57. The van der Waals surface area contributed by atoms with E-state index in [0.717, 1.165) is 60.5 Å². The van der Waals surface area contributed by atoms with E-state index in [2.05, 4.69) is 56.7 Å². The molecule has 7 heteroatoms. The van der Waals surface area contributed by atoms with Gasteiger partial charge >= 0.3 is 0 Å².